The molecule has 0 amide bonds. The van der Waals surface area contributed by atoms with Crippen LogP contribution in [0.5, 0.6) is 0 Å². The number of benzene rings is 5. The quantitative estimate of drug-likeness (QED) is 0.215. The molecule has 25 heavy (non-hydrogen) atoms. The minimum Gasteiger partial charge on any atom is -0.0619 e. The first-order valence-electron chi connectivity index (χ1n) is 8.84. The van der Waals surface area contributed by atoms with Crippen LogP contribution in [0, 0.1) is 0 Å². The second-order valence-electron chi connectivity index (χ2n) is 7.01. The lowest BCUT2D eigenvalue weighted by Gasteiger charge is -2.10. The topological polar surface area (TPSA) is 0 Å². The normalized spacial score (nSPS) is 12.6. The van der Waals surface area contributed by atoms with Crippen LogP contribution in [0.15, 0.2) is 84.9 Å². The molecule has 0 aromatic heterocycles. The molecular weight excluding hydrogens is 300 g/mol. The average Bonchev–Trinajstić information content (AvgIpc) is 3.05. The number of fused-ring (bicyclic) bond motifs is 8. The molecule has 0 heterocycles. The van der Waals surface area contributed by atoms with E-state index in [0.717, 1.165) is 6.42 Å². The number of hydrogen-bond donors (Lipinski definition) is 0. The summed E-state index contributed by atoms with van der Waals surface area (Å²) in [6, 6.07) is 31.4. The Morgan fingerprint density at radius 2 is 1.20 bits per heavy atom. The van der Waals surface area contributed by atoms with Crippen LogP contribution in [0.2, 0.25) is 0 Å². The van der Waals surface area contributed by atoms with Crippen LogP contribution in [0.1, 0.15) is 11.1 Å². The highest BCUT2D eigenvalue weighted by Gasteiger charge is 2.20. The maximum absolute atomic E-state index is 2.39. The Hall–Kier alpha value is -3.12. The minimum absolute atomic E-state index is 1.05. The maximum atomic E-state index is 2.39. The number of hydrogen-bond acceptors (Lipinski definition) is 0. The predicted molar refractivity (Wildman–Crippen MR) is 107 cm³/mol. The van der Waals surface area contributed by atoms with Gasteiger partial charge in [0.1, 0.15) is 0 Å². The summed E-state index contributed by atoms with van der Waals surface area (Å²) in [5, 5.41) is 8.02. The Bertz CT molecular complexity index is 1310. The highest BCUT2D eigenvalue weighted by molar-refractivity contribution is 6.14. The first-order chi connectivity index (χ1) is 12.4. The fraction of sp³-hybridized carbons (Fsp3) is 0.0400. The third kappa shape index (κ3) is 1.77. The van der Waals surface area contributed by atoms with Gasteiger partial charge >= 0.3 is 0 Å². The van der Waals surface area contributed by atoms with Gasteiger partial charge in [-0.25, -0.2) is 0 Å². The van der Waals surface area contributed by atoms with E-state index in [9.17, 15) is 0 Å². The molecule has 1 aliphatic carbocycles. The van der Waals surface area contributed by atoms with Gasteiger partial charge in [0, 0.05) is 0 Å². The van der Waals surface area contributed by atoms with Crippen molar-refractivity contribution in [2.24, 2.45) is 0 Å². The van der Waals surface area contributed by atoms with Crippen molar-refractivity contribution < 1.29 is 0 Å². The lowest BCUT2D eigenvalue weighted by atomic mass is 9.93. The van der Waals surface area contributed by atoms with Crippen LogP contribution in [0.4, 0.5) is 0 Å². The minimum atomic E-state index is 1.05. The highest BCUT2D eigenvalue weighted by atomic mass is 14.2. The van der Waals surface area contributed by atoms with Crippen LogP contribution in [0.25, 0.3) is 43.4 Å². The maximum Gasteiger partial charge on any atom is -0.00132 e. The molecule has 1 aliphatic rings. The average molecular weight is 316 g/mol. The largest absolute Gasteiger partial charge is 0.0619 e. The monoisotopic (exact) mass is 316 g/mol. The van der Waals surface area contributed by atoms with E-state index in [1.165, 1.54) is 54.6 Å². The van der Waals surface area contributed by atoms with E-state index < -0.39 is 0 Å². The van der Waals surface area contributed by atoms with Gasteiger partial charge in [-0.3, -0.25) is 0 Å². The standard InChI is InChI=1S/C25H16/c1-3-7-21-16(5-1)9-10-18-15-24-19(14-23(18)21)11-12-20-13-17-6-2-4-8-22(17)25(20)24/h1-12,14-15H,13H2. The molecule has 0 fully saturated rings. The van der Waals surface area contributed by atoms with Gasteiger partial charge in [0.05, 0.1) is 0 Å². The van der Waals surface area contributed by atoms with E-state index in [1.54, 1.807) is 0 Å². The van der Waals surface area contributed by atoms with Crippen molar-refractivity contribution in [2.75, 3.05) is 0 Å². The van der Waals surface area contributed by atoms with E-state index in [2.05, 4.69) is 84.9 Å². The molecule has 5 aromatic carbocycles. The van der Waals surface area contributed by atoms with Crippen molar-refractivity contribution in [1.29, 1.82) is 0 Å². The molecule has 0 nitrogen and oxygen atoms in total. The summed E-state index contributed by atoms with van der Waals surface area (Å²) >= 11 is 0. The molecule has 0 spiro atoms. The number of rotatable bonds is 0. The van der Waals surface area contributed by atoms with Crippen molar-refractivity contribution in [2.45, 2.75) is 6.42 Å². The molecule has 0 bridgehead atoms. The first-order valence-corrected chi connectivity index (χ1v) is 8.84. The molecule has 0 saturated heterocycles. The molecule has 5 aromatic rings. The van der Waals surface area contributed by atoms with Gasteiger partial charge in [0.25, 0.3) is 0 Å². The van der Waals surface area contributed by atoms with Crippen LogP contribution in [0.3, 0.4) is 0 Å². The van der Waals surface area contributed by atoms with E-state index in [-0.39, 0.29) is 0 Å². The third-order valence-corrected chi connectivity index (χ3v) is 5.64. The fourth-order valence-electron chi connectivity index (χ4n) is 4.46. The summed E-state index contributed by atoms with van der Waals surface area (Å²) in [7, 11) is 0. The highest BCUT2D eigenvalue weighted by Crippen LogP contribution is 2.42. The molecular formula is C25H16. The molecule has 0 heteroatoms. The van der Waals surface area contributed by atoms with Crippen molar-refractivity contribution in [3.8, 4) is 11.1 Å². The van der Waals surface area contributed by atoms with E-state index >= 15 is 0 Å². The van der Waals surface area contributed by atoms with Gasteiger partial charge in [-0.15, -0.1) is 0 Å². The molecule has 0 atom stereocenters. The summed E-state index contributed by atoms with van der Waals surface area (Å²) in [5.74, 6) is 0. The molecule has 0 N–H and O–H groups in total. The smallest absolute Gasteiger partial charge is 0.00132 e. The van der Waals surface area contributed by atoms with Gasteiger partial charge in [-0.2, -0.15) is 0 Å². The zero-order valence-corrected chi connectivity index (χ0v) is 13.8. The summed E-state index contributed by atoms with van der Waals surface area (Å²) in [5.41, 5.74) is 5.74. The summed E-state index contributed by atoms with van der Waals surface area (Å²) in [4.78, 5) is 0. The lowest BCUT2D eigenvalue weighted by molar-refractivity contribution is 1.27. The van der Waals surface area contributed by atoms with Crippen molar-refractivity contribution in [3.05, 3.63) is 96.1 Å². The lowest BCUT2D eigenvalue weighted by Crippen LogP contribution is -1.85. The zero-order valence-electron chi connectivity index (χ0n) is 13.8. The SMILES string of the molecule is c1ccc2c(c1)Cc1ccc3cc4c(ccc5ccccc54)cc3c1-2. The van der Waals surface area contributed by atoms with Crippen LogP contribution >= 0.6 is 0 Å². The zero-order chi connectivity index (χ0) is 16.4. The molecule has 0 aliphatic heterocycles. The van der Waals surface area contributed by atoms with Crippen LogP contribution in [-0.4, -0.2) is 0 Å². The Morgan fingerprint density at radius 1 is 0.480 bits per heavy atom. The Kier molecular flexibility index (Phi) is 2.48. The fourth-order valence-corrected chi connectivity index (χ4v) is 4.46. The Balaban J connectivity index is 1.77. The van der Waals surface area contributed by atoms with Crippen molar-refractivity contribution in [3.63, 3.8) is 0 Å². The molecule has 0 unspecified atom stereocenters. The predicted octanol–water partition coefficient (Wildman–Crippen LogP) is 6.72. The first kappa shape index (κ1) is 13.2. The van der Waals surface area contributed by atoms with E-state index in [4.69, 9.17) is 0 Å². The molecule has 6 rings (SSSR count). The van der Waals surface area contributed by atoms with Crippen LogP contribution in [-0.2, 0) is 6.42 Å². The van der Waals surface area contributed by atoms with Gasteiger partial charge in [-0.05, 0) is 73.1 Å². The van der Waals surface area contributed by atoms with E-state index in [1.807, 2.05) is 0 Å². The molecule has 116 valence electrons. The van der Waals surface area contributed by atoms with E-state index in [0.29, 0.717) is 0 Å². The Morgan fingerprint density at radius 3 is 2.20 bits per heavy atom. The van der Waals surface area contributed by atoms with Crippen molar-refractivity contribution >= 4 is 32.3 Å². The van der Waals surface area contributed by atoms with Gasteiger partial charge in [-0.1, -0.05) is 72.8 Å². The Labute approximate surface area is 146 Å². The third-order valence-electron chi connectivity index (χ3n) is 5.64. The summed E-state index contributed by atoms with van der Waals surface area (Å²) in [6.07, 6.45) is 1.05. The second-order valence-corrected chi connectivity index (χ2v) is 7.01. The van der Waals surface area contributed by atoms with Gasteiger partial charge in [0.15, 0.2) is 0 Å². The van der Waals surface area contributed by atoms with Crippen LogP contribution < -0.4 is 0 Å². The molecule has 0 radical (unpaired) electrons. The summed E-state index contributed by atoms with van der Waals surface area (Å²) in [6.45, 7) is 0. The van der Waals surface area contributed by atoms with Crippen molar-refractivity contribution in [1.82, 2.24) is 0 Å². The molecule has 0 saturated carbocycles. The van der Waals surface area contributed by atoms with Gasteiger partial charge in [0.2, 0.25) is 0 Å². The summed E-state index contributed by atoms with van der Waals surface area (Å²) < 4.78 is 0. The second kappa shape index (κ2) is 4.70. The van der Waals surface area contributed by atoms with Gasteiger partial charge < -0.3 is 0 Å².